The monoisotopic (exact) mass is 366 g/mol. The van der Waals surface area contributed by atoms with Gasteiger partial charge in [0.15, 0.2) is 0 Å². The van der Waals surface area contributed by atoms with E-state index in [1.165, 1.54) is 24.2 Å². The fraction of sp³-hybridized carbons (Fsp3) is 0.667. The van der Waals surface area contributed by atoms with Gasteiger partial charge in [0.1, 0.15) is 4.90 Å². The number of halogens is 1. The molecule has 1 aromatic rings. The summed E-state index contributed by atoms with van der Waals surface area (Å²) < 4.78 is 28.1. The van der Waals surface area contributed by atoms with Crippen molar-refractivity contribution in [2.75, 3.05) is 7.05 Å². The molecule has 0 aliphatic heterocycles. The van der Waals surface area contributed by atoms with Crippen LogP contribution in [0.4, 0.5) is 0 Å². The number of hydrogen-bond acceptors (Lipinski definition) is 4. The van der Waals surface area contributed by atoms with Crippen molar-refractivity contribution in [1.29, 1.82) is 0 Å². The Bertz CT molecular complexity index is 538. The lowest BCUT2D eigenvalue weighted by Crippen LogP contribution is -2.32. The quantitative estimate of drug-likeness (QED) is 0.779. The second kappa shape index (κ2) is 6.22. The zero-order valence-electron chi connectivity index (χ0n) is 11.1. The highest BCUT2D eigenvalue weighted by Crippen LogP contribution is 2.35. The lowest BCUT2D eigenvalue weighted by Gasteiger charge is -2.13. The molecule has 1 saturated carbocycles. The number of nitrogens with one attached hydrogen (secondary N) is 2. The van der Waals surface area contributed by atoms with Gasteiger partial charge in [-0.05, 0) is 48.3 Å². The third-order valence-corrected chi connectivity index (χ3v) is 6.93. The summed E-state index contributed by atoms with van der Waals surface area (Å²) in [7, 11) is -1.57. The van der Waals surface area contributed by atoms with E-state index in [0.717, 1.165) is 11.3 Å². The molecule has 0 amide bonds. The van der Waals surface area contributed by atoms with Crippen LogP contribution in [0.2, 0.25) is 0 Å². The molecule has 0 saturated heterocycles. The highest BCUT2D eigenvalue weighted by atomic mass is 79.9. The molecule has 0 aromatic carbocycles. The van der Waals surface area contributed by atoms with Gasteiger partial charge >= 0.3 is 0 Å². The van der Waals surface area contributed by atoms with Crippen molar-refractivity contribution in [1.82, 2.24) is 10.0 Å². The standard InChI is InChI=1S/C12H19BrN2O2S2/c1-8(5-9-3-4-9)15-19(16,17)11-6-10(7-14-2)18-12(11)13/h6,8-9,14-15H,3-5,7H2,1-2H3. The van der Waals surface area contributed by atoms with Crippen molar-refractivity contribution >= 4 is 37.3 Å². The lowest BCUT2D eigenvalue weighted by atomic mass is 10.2. The Hall–Kier alpha value is 0.0500. The topological polar surface area (TPSA) is 58.2 Å². The predicted molar refractivity (Wildman–Crippen MR) is 81.9 cm³/mol. The SMILES string of the molecule is CNCc1cc(S(=O)(=O)NC(C)CC2CC2)c(Br)s1. The lowest BCUT2D eigenvalue weighted by molar-refractivity contribution is 0.530. The van der Waals surface area contributed by atoms with Crippen LogP contribution in [0.15, 0.2) is 14.7 Å². The van der Waals surface area contributed by atoms with Crippen molar-refractivity contribution in [3.8, 4) is 0 Å². The summed E-state index contributed by atoms with van der Waals surface area (Å²) in [5.74, 6) is 0.712. The van der Waals surface area contributed by atoms with Crippen LogP contribution in [-0.2, 0) is 16.6 Å². The second-order valence-electron chi connectivity index (χ2n) is 5.08. The van der Waals surface area contributed by atoms with Gasteiger partial charge in [-0.3, -0.25) is 0 Å². The van der Waals surface area contributed by atoms with E-state index in [1.54, 1.807) is 6.07 Å². The Balaban J connectivity index is 2.08. The Morgan fingerprint density at radius 2 is 2.21 bits per heavy atom. The smallest absolute Gasteiger partial charge is 0.242 e. The van der Waals surface area contributed by atoms with Crippen LogP contribution < -0.4 is 10.0 Å². The second-order valence-corrected chi connectivity index (χ2v) is 9.22. The first-order valence-corrected chi connectivity index (χ1v) is 9.46. The minimum atomic E-state index is -3.42. The third kappa shape index (κ3) is 4.26. The minimum Gasteiger partial charge on any atom is -0.315 e. The Morgan fingerprint density at radius 1 is 1.53 bits per heavy atom. The summed E-state index contributed by atoms with van der Waals surface area (Å²) in [6, 6.07) is 1.73. The molecule has 7 heteroatoms. The summed E-state index contributed by atoms with van der Waals surface area (Å²) in [6.07, 6.45) is 3.41. The first kappa shape index (κ1) is 15.4. The zero-order valence-corrected chi connectivity index (χ0v) is 14.3. The van der Waals surface area contributed by atoms with E-state index < -0.39 is 10.0 Å². The molecule has 0 spiro atoms. The van der Waals surface area contributed by atoms with Gasteiger partial charge in [0.2, 0.25) is 10.0 Å². The summed E-state index contributed by atoms with van der Waals surface area (Å²) in [4.78, 5) is 1.36. The van der Waals surface area contributed by atoms with Gasteiger partial charge in [0.25, 0.3) is 0 Å². The summed E-state index contributed by atoms with van der Waals surface area (Å²) in [5, 5.41) is 3.03. The fourth-order valence-electron chi connectivity index (χ4n) is 2.07. The van der Waals surface area contributed by atoms with Crippen LogP contribution >= 0.6 is 27.3 Å². The average molecular weight is 367 g/mol. The van der Waals surface area contributed by atoms with Crippen LogP contribution in [0.1, 0.15) is 31.1 Å². The highest BCUT2D eigenvalue weighted by molar-refractivity contribution is 9.11. The highest BCUT2D eigenvalue weighted by Gasteiger charge is 2.27. The van der Waals surface area contributed by atoms with Crippen LogP contribution in [0, 0.1) is 5.92 Å². The maximum Gasteiger partial charge on any atom is 0.242 e. The predicted octanol–water partition coefficient (Wildman–Crippen LogP) is 2.70. The van der Waals surface area contributed by atoms with E-state index in [9.17, 15) is 8.42 Å². The molecule has 0 bridgehead atoms. The normalized spacial score (nSPS) is 17.6. The van der Waals surface area contributed by atoms with Crippen molar-refractivity contribution in [2.45, 2.75) is 43.7 Å². The van der Waals surface area contributed by atoms with Crippen LogP contribution in [0.3, 0.4) is 0 Å². The van der Waals surface area contributed by atoms with Gasteiger partial charge < -0.3 is 5.32 Å². The Kier molecular flexibility index (Phi) is 5.05. The molecule has 0 radical (unpaired) electrons. The first-order chi connectivity index (χ1) is 8.92. The van der Waals surface area contributed by atoms with Crippen molar-refractivity contribution in [3.05, 3.63) is 14.7 Å². The van der Waals surface area contributed by atoms with E-state index in [-0.39, 0.29) is 6.04 Å². The van der Waals surface area contributed by atoms with Gasteiger partial charge in [-0.25, -0.2) is 13.1 Å². The Labute approximate surface area is 127 Å². The molecule has 1 atom stereocenters. The molecule has 1 heterocycles. The molecule has 1 unspecified atom stereocenters. The molecular weight excluding hydrogens is 348 g/mol. The number of hydrogen-bond donors (Lipinski definition) is 2. The largest absolute Gasteiger partial charge is 0.315 e. The fourth-order valence-corrected chi connectivity index (χ4v) is 6.02. The molecular formula is C12H19BrN2O2S2. The average Bonchev–Trinajstić information content (AvgIpc) is 3.00. The van der Waals surface area contributed by atoms with Crippen molar-refractivity contribution < 1.29 is 8.42 Å². The molecule has 1 fully saturated rings. The molecule has 1 aliphatic rings. The molecule has 2 N–H and O–H groups in total. The first-order valence-electron chi connectivity index (χ1n) is 6.37. The van der Waals surface area contributed by atoms with Gasteiger partial charge in [0, 0.05) is 17.5 Å². The molecule has 19 heavy (non-hydrogen) atoms. The van der Waals surface area contributed by atoms with E-state index in [0.29, 0.717) is 21.1 Å². The number of rotatable bonds is 7. The molecule has 108 valence electrons. The van der Waals surface area contributed by atoms with E-state index >= 15 is 0 Å². The van der Waals surface area contributed by atoms with E-state index in [1.807, 2.05) is 14.0 Å². The van der Waals surface area contributed by atoms with Gasteiger partial charge in [-0.15, -0.1) is 11.3 Å². The van der Waals surface area contributed by atoms with Gasteiger partial charge in [-0.1, -0.05) is 12.8 Å². The third-order valence-electron chi connectivity index (χ3n) is 3.09. The molecule has 2 rings (SSSR count). The molecule has 4 nitrogen and oxygen atoms in total. The van der Waals surface area contributed by atoms with Gasteiger partial charge in [0.05, 0.1) is 3.79 Å². The van der Waals surface area contributed by atoms with Gasteiger partial charge in [-0.2, -0.15) is 0 Å². The van der Waals surface area contributed by atoms with Crippen LogP contribution in [-0.4, -0.2) is 21.5 Å². The summed E-state index contributed by atoms with van der Waals surface area (Å²) in [5.41, 5.74) is 0. The van der Waals surface area contributed by atoms with Crippen molar-refractivity contribution in [3.63, 3.8) is 0 Å². The van der Waals surface area contributed by atoms with E-state index in [2.05, 4.69) is 26.0 Å². The molecule has 1 aliphatic carbocycles. The number of thiophene rings is 1. The minimum absolute atomic E-state index is 0.00273. The Morgan fingerprint density at radius 3 is 2.79 bits per heavy atom. The van der Waals surface area contributed by atoms with Crippen LogP contribution in [0.25, 0.3) is 0 Å². The molecule has 1 aromatic heterocycles. The summed E-state index contributed by atoms with van der Waals surface area (Å²) in [6.45, 7) is 2.61. The maximum absolute atomic E-state index is 12.3. The number of sulfonamides is 1. The van der Waals surface area contributed by atoms with Crippen LogP contribution in [0.5, 0.6) is 0 Å². The zero-order chi connectivity index (χ0) is 14.0. The summed E-state index contributed by atoms with van der Waals surface area (Å²) >= 11 is 4.80. The van der Waals surface area contributed by atoms with Crippen molar-refractivity contribution in [2.24, 2.45) is 5.92 Å². The maximum atomic E-state index is 12.3. The van der Waals surface area contributed by atoms with E-state index in [4.69, 9.17) is 0 Å².